The van der Waals surface area contributed by atoms with Crippen LogP contribution in [0.4, 0.5) is 8.78 Å². The number of benzene rings is 1. The van der Waals surface area contributed by atoms with Crippen molar-refractivity contribution in [3.8, 4) is 0 Å². The van der Waals surface area contributed by atoms with E-state index in [4.69, 9.17) is 4.74 Å². The monoisotopic (exact) mass is 255 g/mol. The minimum absolute atomic E-state index is 0.0666. The lowest BCUT2D eigenvalue weighted by Gasteiger charge is -2.23. The van der Waals surface area contributed by atoms with E-state index in [1.165, 1.54) is 12.1 Å². The van der Waals surface area contributed by atoms with Crippen LogP contribution in [-0.4, -0.2) is 18.8 Å². The van der Waals surface area contributed by atoms with Crippen molar-refractivity contribution in [3.63, 3.8) is 0 Å². The third kappa shape index (κ3) is 3.50. The molecule has 1 unspecified atom stereocenters. The minimum atomic E-state index is -2.39. The van der Waals surface area contributed by atoms with Gasteiger partial charge in [0.05, 0.1) is 5.60 Å². The quantitative estimate of drug-likeness (QED) is 0.871. The van der Waals surface area contributed by atoms with Gasteiger partial charge in [0.25, 0.3) is 6.43 Å². The van der Waals surface area contributed by atoms with Gasteiger partial charge in [-0.15, -0.1) is 0 Å². The molecule has 100 valence electrons. The molecule has 0 radical (unpaired) electrons. The van der Waals surface area contributed by atoms with Gasteiger partial charge >= 0.3 is 0 Å². The van der Waals surface area contributed by atoms with E-state index >= 15 is 0 Å². The molecule has 1 saturated heterocycles. The van der Waals surface area contributed by atoms with Crippen molar-refractivity contribution in [1.29, 1.82) is 0 Å². The Kier molecular flexibility index (Phi) is 4.30. The Balaban J connectivity index is 1.79. The topological polar surface area (TPSA) is 21.3 Å². The molecule has 1 aliphatic heterocycles. The maximum atomic E-state index is 12.4. The Morgan fingerprint density at radius 1 is 1.33 bits per heavy atom. The molecule has 1 N–H and O–H groups in total. The first-order valence-electron chi connectivity index (χ1n) is 6.31. The fourth-order valence-electron chi connectivity index (χ4n) is 2.23. The molecule has 0 saturated carbocycles. The molecule has 1 aromatic rings. The molecule has 2 rings (SSSR count). The zero-order valence-electron chi connectivity index (χ0n) is 10.6. The van der Waals surface area contributed by atoms with Crippen LogP contribution in [-0.2, 0) is 11.3 Å². The second-order valence-corrected chi connectivity index (χ2v) is 5.05. The summed E-state index contributed by atoms with van der Waals surface area (Å²) in [4.78, 5) is 0. The first-order chi connectivity index (χ1) is 8.59. The predicted octanol–water partition coefficient (Wildman–Crippen LogP) is 3.28. The summed E-state index contributed by atoms with van der Waals surface area (Å²) in [7, 11) is 0. The summed E-state index contributed by atoms with van der Waals surface area (Å²) >= 11 is 0. The van der Waals surface area contributed by atoms with Crippen LogP contribution in [0.2, 0.25) is 0 Å². The summed E-state index contributed by atoms with van der Waals surface area (Å²) in [5, 5.41) is 3.32. The summed E-state index contributed by atoms with van der Waals surface area (Å²) in [6.07, 6.45) is -0.205. The number of rotatable bonds is 5. The van der Waals surface area contributed by atoms with Crippen molar-refractivity contribution in [2.24, 2.45) is 0 Å². The highest BCUT2D eigenvalue weighted by Gasteiger charge is 2.28. The van der Waals surface area contributed by atoms with E-state index in [1.54, 1.807) is 12.1 Å². The molecule has 0 aromatic heterocycles. The molecule has 1 aliphatic rings. The third-order valence-electron chi connectivity index (χ3n) is 3.36. The molecular formula is C14H19F2NO. The Hall–Kier alpha value is -1.00. The van der Waals surface area contributed by atoms with Gasteiger partial charge in [-0.05, 0) is 25.3 Å². The Morgan fingerprint density at radius 3 is 2.61 bits per heavy atom. The Morgan fingerprint density at radius 2 is 2.06 bits per heavy atom. The molecule has 2 nitrogen and oxygen atoms in total. The molecule has 18 heavy (non-hydrogen) atoms. The van der Waals surface area contributed by atoms with Gasteiger partial charge in [-0.3, -0.25) is 0 Å². The fraction of sp³-hybridized carbons (Fsp3) is 0.571. The molecule has 0 spiro atoms. The number of hydrogen-bond donors (Lipinski definition) is 1. The van der Waals surface area contributed by atoms with E-state index in [0.717, 1.165) is 31.6 Å². The fourth-order valence-corrected chi connectivity index (χ4v) is 2.23. The number of hydrogen-bond acceptors (Lipinski definition) is 2. The summed E-state index contributed by atoms with van der Waals surface area (Å²) < 4.78 is 30.4. The maximum Gasteiger partial charge on any atom is 0.263 e. The number of ether oxygens (including phenoxy) is 1. The number of nitrogens with one attached hydrogen (secondary N) is 1. The zero-order chi connectivity index (χ0) is 13.0. The van der Waals surface area contributed by atoms with Gasteiger partial charge in [0, 0.05) is 25.3 Å². The van der Waals surface area contributed by atoms with Crippen LogP contribution in [0.5, 0.6) is 0 Å². The minimum Gasteiger partial charge on any atom is -0.374 e. The van der Waals surface area contributed by atoms with E-state index in [0.29, 0.717) is 6.54 Å². The van der Waals surface area contributed by atoms with E-state index in [2.05, 4.69) is 12.2 Å². The normalized spacial score (nSPS) is 23.8. The van der Waals surface area contributed by atoms with Gasteiger partial charge in [-0.25, -0.2) is 8.78 Å². The highest BCUT2D eigenvalue weighted by Crippen LogP contribution is 2.24. The first-order valence-corrected chi connectivity index (χ1v) is 6.31. The van der Waals surface area contributed by atoms with E-state index < -0.39 is 6.43 Å². The van der Waals surface area contributed by atoms with Crippen LogP contribution in [0.3, 0.4) is 0 Å². The highest BCUT2D eigenvalue weighted by atomic mass is 19.3. The Labute approximate surface area is 106 Å². The summed E-state index contributed by atoms with van der Waals surface area (Å²) in [6.45, 7) is 4.42. The van der Waals surface area contributed by atoms with Gasteiger partial charge in [0.1, 0.15) is 0 Å². The number of halogens is 2. The molecule has 0 bridgehead atoms. The Bertz CT molecular complexity index is 372. The molecule has 0 aliphatic carbocycles. The maximum absolute atomic E-state index is 12.4. The lowest BCUT2D eigenvalue weighted by molar-refractivity contribution is 0.0207. The van der Waals surface area contributed by atoms with Crippen molar-refractivity contribution in [1.82, 2.24) is 5.32 Å². The van der Waals surface area contributed by atoms with E-state index in [9.17, 15) is 8.78 Å². The molecule has 1 aromatic carbocycles. The van der Waals surface area contributed by atoms with Crippen LogP contribution in [0.25, 0.3) is 0 Å². The molecule has 1 heterocycles. The molecule has 4 heteroatoms. The second-order valence-electron chi connectivity index (χ2n) is 5.05. The van der Waals surface area contributed by atoms with Crippen LogP contribution in [0.15, 0.2) is 24.3 Å². The van der Waals surface area contributed by atoms with Crippen molar-refractivity contribution in [3.05, 3.63) is 35.4 Å². The average molecular weight is 255 g/mol. The zero-order valence-corrected chi connectivity index (χ0v) is 10.6. The van der Waals surface area contributed by atoms with Crippen LogP contribution in [0.1, 0.15) is 37.3 Å². The summed E-state index contributed by atoms with van der Waals surface area (Å²) in [6, 6.07) is 6.45. The van der Waals surface area contributed by atoms with Crippen LogP contribution in [0, 0.1) is 0 Å². The van der Waals surface area contributed by atoms with E-state index in [1.807, 2.05) is 0 Å². The smallest absolute Gasteiger partial charge is 0.263 e. The van der Waals surface area contributed by atoms with Crippen molar-refractivity contribution in [2.75, 3.05) is 13.2 Å². The standard InChI is InChI=1S/C14H19F2NO/c1-14(7-2-8-18-14)10-17-9-11-3-5-12(6-4-11)13(15)16/h3-6,13,17H,2,7-10H2,1H3. The van der Waals surface area contributed by atoms with Crippen molar-refractivity contribution >= 4 is 0 Å². The van der Waals surface area contributed by atoms with E-state index in [-0.39, 0.29) is 11.2 Å². The molecule has 0 amide bonds. The number of alkyl halides is 2. The van der Waals surface area contributed by atoms with Crippen molar-refractivity contribution in [2.45, 2.75) is 38.3 Å². The summed E-state index contributed by atoms with van der Waals surface area (Å²) in [5.41, 5.74) is 1.02. The van der Waals surface area contributed by atoms with Gasteiger partial charge in [0.2, 0.25) is 0 Å². The molecule has 1 atom stereocenters. The highest BCUT2D eigenvalue weighted by molar-refractivity contribution is 5.23. The SMILES string of the molecule is CC1(CNCc2ccc(C(F)F)cc2)CCCO1. The third-order valence-corrected chi connectivity index (χ3v) is 3.36. The summed E-state index contributed by atoms with van der Waals surface area (Å²) in [5.74, 6) is 0. The van der Waals surface area contributed by atoms with Crippen LogP contribution >= 0.6 is 0 Å². The molecule has 1 fully saturated rings. The largest absolute Gasteiger partial charge is 0.374 e. The lowest BCUT2D eigenvalue weighted by atomic mass is 10.0. The lowest BCUT2D eigenvalue weighted by Crippen LogP contribution is -2.36. The van der Waals surface area contributed by atoms with Gasteiger partial charge in [-0.1, -0.05) is 24.3 Å². The predicted molar refractivity (Wildman–Crippen MR) is 66.7 cm³/mol. The van der Waals surface area contributed by atoms with Crippen molar-refractivity contribution < 1.29 is 13.5 Å². The second kappa shape index (κ2) is 5.76. The van der Waals surface area contributed by atoms with Gasteiger partial charge in [0.15, 0.2) is 0 Å². The average Bonchev–Trinajstić information content (AvgIpc) is 2.77. The van der Waals surface area contributed by atoms with Gasteiger partial charge < -0.3 is 10.1 Å². The first kappa shape index (κ1) is 13.4. The van der Waals surface area contributed by atoms with Crippen LogP contribution < -0.4 is 5.32 Å². The van der Waals surface area contributed by atoms with Gasteiger partial charge in [-0.2, -0.15) is 0 Å². The molecular weight excluding hydrogens is 236 g/mol.